The first-order valence-corrected chi connectivity index (χ1v) is 6.19. The lowest BCUT2D eigenvalue weighted by atomic mass is 10.2. The maximum absolute atomic E-state index is 12.3. The van der Waals surface area contributed by atoms with Gasteiger partial charge < -0.3 is 15.6 Å². The van der Waals surface area contributed by atoms with Gasteiger partial charge in [-0.15, -0.1) is 0 Å². The van der Waals surface area contributed by atoms with Crippen LogP contribution in [0.1, 0.15) is 5.56 Å². The fourth-order valence-corrected chi connectivity index (χ4v) is 1.73. The third-order valence-electron chi connectivity index (χ3n) is 2.67. The van der Waals surface area contributed by atoms with Crippen LogP contribution in [0.2, 0.25) is 0 Å². The van der Waals surface area contributed by atoms with Gasteiger partial charge in [0.05, 0.1) is 13.2 Å². The number of aliphatic hydroxyl groups excluding tert-OH is 1. The van der Waals surface area contributed by atoms with Crippen molar-refractivity contribution < 1.29 is 18.6 Å². The second kappa shape index (κ2) is 8.79. The summed E-state index contributed by atoms with van der Waals surface area (Å²) in [5.41, 5.74) is 6.45. The number of alkyl halides is 2. The van der Waals surface area contributed by atoms with Crippen molar-refractivity contribution in [3.05, 3.63) is 29.8 Å². The number of para-hydroxylation sites is 1. The Morgan fingerprint density at radius 2 is 2.00 bits per heavy atom. The first-order chi connectivity index (χ1) is 9.17. The van der Waals surface area contributed by atoms with Crippen molar-refractivity contribution in [1.29, 1.82) is 0 Å². The average Bonchev–Trinajstić information content (AvgIpc) is 2.39. The zero-order valence-corrected chi connectivity index (χ0v) is 10.8. The number of ether oxygens (including phenoxy) is 1. The van der Waals surface area contributed by atoms with Gasteiger partial charge in [0.15, 0.2) is 0 Å². The van der Waals surface area contributed by atoms with Crippen molar-refractivity contribution in [3.63, 3.8) is 0 Å². The smallest absolute Gasteiger partial charge is 0.251 e. The van der Waals surface area contributed by atoms with Crippen molar-refractivity contribution in [2.45, 2.75) is 13.0 Å². The number of nitrogens with zero attached hydrogens (tertiary/aromatic N) is 1. The monoisotopic (exact) mass is 274 g/mol. The Morgan fingerprint density at radius 1 is 1.26 bits per heavy atom. The highest BCUT2D eigenvalue weighted by molar-refractivity contribution is 5.32. The van der Waals surface area contributed by atoms with E-state index < -0.39 is 6.43 Å². The van der Waals surface area contributed by atoms with E-state index in [9.17, 15) is 8.78 Å². The predicted molar refractivity (Wildman–Crippen MR) is 69.4 cm³/mol. The summed E-state index contributed by atoms with van der Waals surface area (Å²) in [5, 5.41) is 8.80. The predicted octanol–water partition coefficient (Wildman–Crippen LogP) is 1.08. The topological polar surface area (TPSA) is 58.7 Å². The number of hydrogen-bond donors (Lipinski definition) is 2. The Morgan fingerprint density at radius 3 is 2.63 bits per heavy atom. The molecule has 0 bridgehead atoms. The van der Waals surface area contributed by atoms with Gasteiger partial charge in [0.2, 0.25) is 0 Å². The number of hydrogen-bond acceptors (Lipinski definition) is 4. The summed E-state index contributed by atoms with van der Waals surface area (Å²) in [6.45, 7) is 0.696. The minimum absolute atomic E-state index is 0.147. The van der Waals surface area contributed by atoms with Crippen molar-refractivity contribution in [2.24, 2.45) is 5.73 Å². The van der Waals surface area contributed by atoms with E-state index in [1.54, 1.807) is 6.07 Å². The second-order valence-corrected chi connectivity index (χ2v) is 4.08. The standard InChI is InChI=1S/C13H20F2N2O2/c14-13(15)10-17(5-7-18)6-8-19-12-4-2-1-3-11(12)9-16/h1-4,13,18H,5-10,16H2. The minimum atomic E-state index is -2.41. The summed E-state index contributed by atoms with van der Waals surface area (Å²) in [6, 6.07) is 7.36. The fourth-order valence-electron chi connectivity index (χ4n) is 1.73. The van der Waals surface area contributed by atoms with Gasteiger partial charge in [-0.25, -0.2) is 8.78 Å². The molecule has 19 heavy (non-hydrogen) atoms. The van der Waals surface area contributed by atoms with E-state index >= 15 is 0 Å². The molecule has 0 aliphatic heterocycles. The van der Waals surface area contributed by atoms with E-state index in [0.717, 1.165) is 5.56 Å². The van der Waals surface area contributed by atoms with E-state index in [0.29, 0.717) is 18.8 Å². The van der Waals surface area contributed by atoms with E-state index in [2.05, 4.69) is 0 Å². The molecule has 0 unspecified atom stereocenters. The quantitative estimate of drug-likeness (QED) is 0.707. The molecule has 0 atom stereocenters. The van der Waals surface area contributed by atoms with Crippen LogP contribution in [0.25, 0.3) is 0 Å². The summed E-state index contributed by atoms with van der Waals surface area (Å²) in [5.74, 6) is 0.672. The van der Waals surface area contributed by atoms with Crippen LogP contribution in [0.4, 0.5) is 8.78 Å². The molecule has 1 rings (SSSR count). The molecular weight excluding hydrogens is 254 g/mol. The SMILES string of the molecule is NCc1ccccc1OCCN(CCO)CC(F)F. The summed E-state index contributed by atoms with van der Waals surface area (Å²) in [7, 11) is 0. The molecule has 108 valence electrons. The molecule has 4 nitrogen and oxygen atoms in total. The molecular formula is C13H20F2N2O2. The number of rotatable bonds is 9. The zero-order valence-electron chi connectivity index (χ0n) is 10.8. The highest BCUT2D eigenvalue weighted by Crippen LogP contribution is 2.16. The molecule has 3 N–H and O–H groups in total. The van der Waals surface area contributed by atoms with Crippen LogP contribution in [0, 0.1) is 0 Å². The summed E-state index contributed by atoms with van der Waals surface area (Å²) in [4.78, 5) is 1.47. The van der Waals surface area contributed by atoms with Gasteiger partial charge >= 0.3 is 0 Å². The molecule has 0 aliphatic carbocycles. The number of halogens is 2. The summed E-state index contributed by atoms with van der Waals surface area (Å²) >= 11 is 0. The van der Waals surface area contributed by atoms with Crippen molar-refractivity contribution >= 4 is 0 Å². The van der Waals surface area contributed by atoms with Gasteiger partial charge in [-0.1, -0.05) is 18.2 Å². The third-order valence-corrected chi connectivity index (χ3v) is 2.67. The Hall–Kier alpha value is -1.24. The highest BCUT2D eigenvalue weighted by atomic mass is 19.3. The molecule has 0 amide bonds. The Kier molecular flexibility index (Phi) is 7.32. The molecule has 1 aromatic rings. The number of benzene rings is 1. The lowest BCUT2D eigenvalue weighted by Gasteiger charge is -2.21. The van der Waals surface area contributed by atoms with Gasteiger partial charge in [0.1, 0.15) is 12.4 Å². The number of aliphatic hydroxyl groups is 1. The lowest BCUT2D eigenvalue weighted by molar-refractivity contribution is 0.0708. The van der Waals surface area contributed by atoms with Gasteiger partial charge in [0.25, 0.3) is 6.43 Å². The van der Waals surface area contributed by atoms with Gasteiger partial charge in [-0.3, -0.25) is 4.90 Å². The molecule has 0 aliphatic rings. The summed E-state index contributed by atoms with van der Waals surface area (Å²) < 4.78 is 30.1. The second-order valence-electron chi connectivity index (χ2n) is 4.08. The van der Waals surface area contributed by atoms with Crippen molar-refractivity contribution in [3.8, 4) is 5.75 Å². The van der Waals surface area contributed by atoms with Crippen molar-refractivity contribution in [2.75, 3.05) is 32.8 Å². The van der Waals surface area contributed by atoms with Crippen LogP contribution in [0.3, 0.4) is 0 Å². The molecule has 0 spiro atoms. The molecule has 0 heterocycles. The van der Waals surface area contributed by atoms with Crippen LogP contribution in [0.15, 0.2) is 24.3 Å². The van der Waals surface area contributed by atoms with Gasteiger partial charge in [0, 0.05) is 25.2 Å². The summed E-state index contributed by atoms with van der Waals surface area (Å²) in [6.07, 6.45) is -2.41. The maximum Gasteiger partial charge on any atom is 0.251 e. The first-order valence-electron chi connectivity index (χ1n) is 6.19. The Bertz CT molecular complexity index is 364. The van der Waals surface area contributed by atoms with Crippen LogP contribution >= 0.6 is 0 Å². The lowest BCUT2D eigenvalue weighted by Crippen LogP contribution is -2.35. The van der Waals surface area contributed by atoms with Crippen LogP contribution in [-0.2, 0) is 6.54 Å². The molecule has 0 saturated carbocycles. The first kappa shape index (κ1) is 15.8. The normalized spacial score (nSPS) is 11.3. The van der Waals surface area contributed by atoms with E-state index in [4.69, 9.17) is 15.6 Å². The van der Waals surface area contributed by atoms with Crippen molar-refractivity contribution in [1.82, 2.24) is 4.90 Å². The minimum Gasteiger partial charge on any atom is -0.492 e. The zero-order chi connectivity index (χ0) is 14.1. The Balaban J connectivity index is 2.42. The van der Waals surface area contributed by atoms with Crippen LogP contribution in [-0.4, -0.2) is 49.3 Å². The average molecular weight is 274 g/mol. The molecule has 0 aromatic heterocycles. The Labute approximate surface area is 111 Å². The van der Waals surface area contributed by atoms with Gasteiger partial charge in [-0.05, 0) is 6.07 Å². The van der Waals surface area contributed by atoms with Gasteiger partial charge in [-0.2, -0.15) is 0 Å². The van der Waals surface area contributed by atoms with E-state index in [1.807, 2.05) is 18.2 Å². The molecule has 6 heteroatoms. The largest absolute Gasteiger partial charge is 0.492 e. The third kappa shape index (κ3) is 5.96. The highest BCUT2D eigenvalue weighted by Gasteiger charge is 2.11. The fraction of sp³-hybridized carbons (Fsp3) is 0.538. The molecule has 0 saturated heterocycles. The number of nitrogens with two attached hydrogens (primary N) is 1. The molecule has 1 aromatic carbocycles. The van der Waals surface area contributed by atoms with E-state index in [1.165, 1.54) is 4.90 Å². The van der Waals surface area contributed by atoms with Crippen LogP contribution in [0.5, 0.6) is 5.75 Å². The van der Waals surface area contributed by atoms with E-state index in [-0.39, 0.29) is 26.3 Å². The van der Waals surface area contributed by atoms with Crippen LogP contribution < -0.4 is 10.5 Å². The molecule has 0 radical (unpaired) electrons. The maximum atomic E-state index is 12.3. The molecule has 0 fully saturated rings.